The van der Waals surface area contributed by atoms with Crippen LogP contribution in [0.1, 0.15) is 12.2 Å². The topological polar surface area (TPSA) is 30.7 Å². The first-order chi connectivity index (χ1) is 4.97. The molecule has 0 N–H and O–H groups in total. The molecule has 0 fully saturated rings. The fraction of sp³-hybridized carbons (Fsp3) is 0.429. The zero-order chi connectivity index (χ0) is 6.81. The quantitative estimate of drug-likeness (QED) is 0.492. The molecular weight excluding hydrogens is 126 g/mol. The van der Waals surface area contributed by atoms with Crippen LogP contribution in [0.5, 0.6) is 0 Å². The van der Waals surface area contributed by atoms with Crippen LogP contribution in [0.3, 0.4) is 0 Å². The third-order valence-electron chi connectivity index (χ3n) is 1.70. The maximum Gasteiger partial charge on any atom is 0.136 e. The third-order valence-corrected chi connectivity index (χ3v) is 1.70. The van der Waals surface area contributed by atoms with E-state index < -0.39 is 0 Å². The van der Waals surface area contributed by atoms with E-state index in [9.17, 15) is 0 Å². The zero-order valence-corrected chi connectivity index (χ0v) is 5.70. The summed E-state index contributed by atoms with van der Waals surface area (Å²) in [7, 11) is 0. The Kier molecular flexibility index (Phi) is 1.27. The van der Waals surface area contributed by atoms with E-state index in [4.69, 9.17) is 0 Å². The predicted octanol–water partition coefficient (Wildman–Crippen LogP) is 0.780. The first kappa shape index (κ1) is 5.65. The Bertz CT molecular complexity index is 249. The summed E-state index contributed by atoms with van der Waals surface area (Å²) in [5.74, 6) is 1.08. The lowest BCUT2D eigenvalue weighted by molar-refractivity contribution is 0.687. The summed E-state index contributed by atoms with van der Waals surface area (Å²) in [6, 6.07) is 0. The number of hydrogen-bond donors (Lipinski definition) is 0. The summed E-state index contributed by atoms with van der Waals surface area (Å²) in [4.78, 5) is 0. The number of aryl methyl sites for hydroxylation is 1. The highest BCUT2D eigenvalue weighted by atomic mass is 15.3. The fourth-order valence-electron chi connectivity index (χ4n) is 1.14. The summed E-state index contributed by atoms with van der Waals surface area (Å²) in [5.41, 5.74) is 0. The largest absolute Gasteiger partial charge is 0.317 e. The van der Waals surface area contributed by atoms with Gasteiger partial charge in [-0.15, -0.1) is 10.2 Å². The molecular formula is C7H9N3. The van der Waals surface area contributed by atoms with Crippen LogP contribution >= 0.6 is 0 Å². The normalized spacial score (nSPS) is 16.4. The van der Waals surface area contributed by atoms with Crippen molar-refractivity contribution in [3.63, 3.8) is 0 Å². The molecule has 0 amide bonds. The van der Waals surface area contributed by atoms with Crippen LogP contribution in [0.4, 0.5) is 0 Å². The van der Waals surface area contributed by atoms with Crippen molar-refractivity contribution in [1.29, 1.82) is 0 Å². The van der Waals surface area contributed by atoms with E-state index in [0.29, 0.717) is 0 Å². The second-order valence-electron chi connectivity index (χ2n) is 2.40. The molecule has 0 saturated heterocycles. The molecule has 2 rings (SSSR count). The van der Waals surface area contributed by atoms with Gasteiger partial charge in [-0.3, -0.25) is 0 Å². The monoisotopic (exact) mass is 135 g/mol. The summed E-state index contributed by atoms with van der Waals surface area (Å²) in [5, 5.41) is 7.80. The van der Waals surface area contributed by atoms with Crippen molar-refractivity contribution in [3.8, 4) is 0 Å². The van der Waals surface area contributed by atoms with E-state index in [1.165, 1.54) is 0 Å². The second kappa shape index (κ2) is 2.25. The highest BCUT2D eigenvalue weighted by Gasteiger charge is 2.02. The molecule has 0 saturated carbocycles. The number of nitrogens with zero attached hydrogens (tertiary/aromatic N) is 3. The van der Waals surface area contributed by atoms with Gasteiger partial charge in [0.2, 0.25) is 0 Å². The van der Waals surface area contributed by atoms with Crippen LogP contribution in [0.25, 0.3) is 0 Å². The lowest BCUT2D eigenvalue weighted by atomic mass is 10.3. The highest BCUT2D eigenvalue weighted by Crippen LogP contribution is 2.04. The van der Waals surface area contributed by atoms with Gasteiger partial charge < -0.3 is 4.57 Å². The summed E-state index contributed by atoms with van der Waals surface area (Å²) in [6.45, 7) is 1.03. The van der Waals surface area contributed by atoms with Crippen LogP contribution in [0.2, 0.25) is 0 Å². The van der Waals surface area contributed by atoms with Crippen molar-refractivity contribution < 1.29 is 0 Å². The number of rotatable bonds is 0. The standard InChI is InChI=1S/C7H9N3/c1-2-4-7-9-8-6-10(7)5-3-1/h1-2,6H,3-5H2. The van der Waals surface area contributed by atoms with E-state index in [1.807, 2.05) is 0 Å². The van der Waals surface area contributed by atoms with Gasteiger partial charge in [0.15, 0.2) is 0 Å². The maximum absolute atomic E-state index is 3.98. The van der Waals surface area contributed by atoms with Gasteiger partial charge in [-0.1, -0.05) is 12.2 Å². The lowest BCUT2D eigenvalue weighted by Gasteiger charge is -1.97. The number of hydrogen-bond acceptors (Lipinski definition) is 2. The Labute approximate surface area is 59.4 Å². The molecule has 1 aromatic heterocycles. The number of fused-ring (bicyclic) bond motifs is 1. The van der Waals surface area contributed by atoms with Gasteiger partial charge in [0.05, 0.1) is 0 Å². The van der Waals surface area contributed by atoms with E-state index in [0.717, 1.165) is 25.2 Å². The number of aromatic nitrogens is 3. The molecule has 0 aliphatic carbocycles. The lowest BCUT2D eigenvalue weighted by Crippen LogP contribution is -1.98. The smallest absolute Gasteiger partial charge is 0.136 e. The van der Waals surface area contributed by atoms with E-state index in [2.05, 4.69) is 26.9 Å². The highest BCUT2D eigenvalue weighted by molar-refractivity contribution is 4.99. The average Bonchev–Trinajstić information content (AvgIpc) is 2.28. The summed E-state index contributed by atoms with van der Waals surface area (Å²) < 4.78 is 2.10. The zero-order valence-electron chi connectivity index (χ0n) is 5.70. The molecule has 1 aromatic rings. The van der Waals surface area contributed by atoms with Crippen molar-refractivity contribution in [2.45, 2.75) is 19.4 Å². The van der Waals surface area contributed by atoms with Gasteiger partial charge in [0.1, 0.15) is 12.2 Å². The molecule has 0 unspecified atom stereocenters. The molecule has 3 nitrogen and oxygen atoms in total. The molecule has 0 spiro atoms. The molecule has 0 radical (unpaired) electrons. The Hall–Kier alpha value is -1.12. The molecule has 2 heterocycles. The van der Waals surface area contributed by atoms with Crippen LogP contribution in [0, 0.1) is 0 Å². The Morgan fingerprint density at radius 1 is 1.40 bits per heavy atom. The maximum atomic E-state index is 3.98. The summed E-state index contributed by atoms with van der Waals surface area (Å²) in [6.07, 6.45) is 8.16. The minimum Gasteiger partial charge on any atom is -0.317 e. The predicted molar refractivity (Wildman–Crippen MR) is 37.5 cm³/mol. The van der Waals surface area contributed by atoms with Gasteiger partial charge in [-0.05, 0) is 6.42 Å². The van der Waals surface area contributed by atoms with Crippen molar-refractivity contribution in [3.05, 3.63) is 24.3 Å². The van der Waals surface area contributed by atoms with E-state index in [-0.39, 0.29) is 0 Å². The third kappa shape index (κ3) is 0.835. The summed E-state index contributed by atoms with van der Waals surface area (Å²) >= 11 is 0. The molecule has 0 bridgehead atoms. The van der Waals surface area contributed by atoms with Crippen LogP contribution < -0.4 is 0 Å². The van der Waals surface area contributed by atoms with Crippen LogP contribution in [-0.4, -0.2) is 14.8 Å². The molecule has 52 valence electrons. The molecule has 10 heavy (non-hydrogen) atoms. The van der Waals surface area contributed by atoms with E-state index >= 15 is 0 Å². The SMILES string of the molecule is C1=CCc2nncn2CC1. The van der Waals surface area contributed by atoms with Crippen molar-refractivity contribution in [2.75, 3.05) is 0 Å². The minimum absolute atomic E-state index is 0.931. The molecule has 1 aliphatic heterocycles. The molecule has 0 aromatic carbocycles. The van der Waals surface area contributed by atoms with Crippen molar-refractivity contribution in [2.24, 2.45) is 0 Å². The van der Waals surface area contributed by atoms with Gasteiger partial charge in [-0.25, -0.2) is 0 Å². The van der Waals surface area contributed by atoms with Crippen LogP contribution in [0.15, 0.2) is 18.5 Å². The molecule has 0 atom stereocenters. The first-order valence-electron chi connectivity index (χ1n) is 3.48. The Morgan fingerprint density at radius 3 is 3.40 bits per heavy atom. The second-order valence-corrected chi connectivity index (χ2v) is 2.40. The first-order valence-corrected chi connectivity index (χ1v) is 3.48. The molecule has 1 aliphatic rings. The molecule has 3 heteroatoms. The van der Waals surface area contributed by atoms with Gasteiger partial charge >= 0.3 is 0 Å². The van der Waals surface area contributed by atoms with Crippen LogP contribution in [-0.2, 0) is 13.0 Å². The van der Waals surface area contributed by atoms with Crippen molar-refractivity contribution in [1.82, 2.24) is 14.8 Å². The Balaban J connectivity index is 2.37. The Morgan fingerprint density at radius 2 is 2.40 bits per heavy atom. The average molecular weight is 135 g/mol. The van der Waals surface area contributed by atoms with Crippen molar-refractivity contribution >= 4 is 0 Å². The van der Waals surface area contributed by atoms with Gasteiger partial charge in [0, 0.05) is 13.0 Å². The fourth-order valence-corrected chi connectivity index (χ4v) is 1.14. The van der Waals surface area contributed by atoms with Gasteiger partial charge in [-0.2, -0.15) is 0 Å². The minimum atomic E-state index is 0.931. The number of allylic oxidation sites excluding steroid dienone is 2. The van der Waals surface area contributed by atoms with E-state index in [1.54, 1.807) is 6.33 Å². The van der Waals surface area contributed by atoms with Gasteiger partial charge in [0.25, 0.3) is 0 Å².